The van der Waals surface area contributed by atoms with Gasteiger partial charge in [0.1, 0.15) is 11.0 Å². The first-order valence-electron chi connectivity index (χ1n) is 10.6. The Bertz CT molecular complexity index is 1580. The molecule has 9 nitrogen and oxygen atoms in total. The number of benzene rings is 1. The Hall–Kier alpha value is -4.14. The van der Waals surface area contributed by atoms with Gasteiger partial charge in [-0.1, -0.05) is 0 Å². The molecule has 0 radical (unpaired) electrons. The molecule has 9 heteroatoms. The van der Waals surface area contributed by atoms with Gasteiger partial charge >= 0.3 is 5.69 Å². The lowest BCUT2D eigenvalue weighted by Gasteiger charge is -2.10. The summed E-state index contributed by atoms with van der Waals surface area (Å²) in [6.07, 6.45) is 3.60. The zero-order valence-electron chi connectivity index (χ0n) is 19.2. The second-order valence-electron chi connectivity index (χ2n) is 7.76. The van der Waals surface area contributed by atoms with Crippen LogP contribution in [0.25, 0.3) is 39.0 Å². The number of fused-ring (bicyclic) bond motifs is 3. The molecule has 0 saturated heterocycles. The predicted octanol–water partition coefficient (Wildman–Crippen LogP) is 3.48. The molecule has 5 rings (SSSR count). The summed E-state index contributed by atoms with van der Waals surface area (Å²) in [7, 11) is 4.95. The van der Waals surface area contributed by atoms with Crippen molar-refractivity contribution in [1.29, 1.82) is 0 Å². The molecule has 33 heavy (non-hydrogen) atoms. The molecule has 0 atom stereocenters. The maximum atomic E-state index is 13.3. The summed E-state index contributed by atoms with van der Waals surface area (Å²) in [6, 6.07) is 9.48. The van der Waals surface area contributed by atoms with Gasteiger partial charge in [-0.15, -0.1) is 0 Å². The topological polar surface area (TPSA) is 89.0 Å². The molecule has 0 aliphatic carbocycles. The molecule has 0 bridgehead atoms. The molecule has 1 aromatic carbocycles. The summed E-state index contributed by atoms with van der Waals surface area (Å²) < 4.78 is 15.9. The highest BCUT2D eigenvalue weighted by Crippen LogP contribution is 2.33. The Morgan fingerprint density at radius 1 is 1.06 bits per heavy atom. The molecule has 0 N–H and O–H groups in total. The number of pyridine rings is 2. The number of methoxy groups -OCH3 is 2. The Morgan fingerprint density at radius 2 is 1.85 bits per heavy atom. The standard InChI is InChI=1S/C24H24N6O3/c1-6-29-13-19(14(2)27-29)30-23-18(28(3)24(30)31)12-25-17-9-8-16(26-22(17)23)15-7-10-20(32-4)21(11-15)33-5/h7-13H,6H2,1-5H3. The van der Waals surface area contributed by atoms with Crippen LogP contribution >= 0.6 is 0 Å². The van der Waals surface area contributed by atoms with E-state index in [9.17, 15) is 4.79 Å². The van der Waals surface area contributed by atoms with Crippen LogP contribution in [0.1, 0.15) is 12.6 Å². The molecule has 0 spiro atoms. The van der Waals surface area contributed by atoms with Crippen molar-refractivity contribution < 1.29 is 9.47 Å². The first-order valence-corrected chi connectivity index (χ1v) is 10.6. The molecule has 5 aromatic rings. The summed E-state index contributed by atoms with van der Waals surface area (Å²) in [6.45, 7) is 4.63. The second kappa shape index (κ2) is 7.77. The number of rotatable bonds is 5. The monoisotopic (exact) mass is 444 g/mol. The molecule has 168 valence electrons. The quantitative estimate of drug-likeness (QED) is 0.412. The molecule has 4 aromatic heterocycles. The van der Waals surface area contributed by atoms with Gasteiger partial charge in [-0.05, 0) is 44.2 Å². The Morgan fingerprint density at radius 3 is 2.55 bits per heavy atom. The van der Waals surface area contributed by atoms with E-state index in [1.807, 2.05) is 55.1 Å². The summed E-state index contributed by atoms with van der Waals surface area (Å²) in [4.78, 5) is 22.8. The lowest BCUT2D eigenvalue weighted by atomic mass is 10.1. The van der Waals surface area contributed by atoms with Crippen molar-refractivity contribution in [3.8, 4) is 28.4 Å². The van der Waals surface area contributed by atoms with Crippen LogP contribution in [0, 0.1) is 6.92 Å². The van der Waals surface area contributed by atoms with Gasteiger partial charge in [-0.2, -0.15) is 5.10 Å². The van der Waals surface area contributed by atoms with Gasteiger partial charge in [-0.25, -0.2) is 9.78 Å². The predicted molar refractivity (Wildman–Crippen MR) is 126 cm³/mol. The third kappa shape index (κ3) is 3.15. The van der Waals surface area contributed by atoms with Crippen molar-refractivity contribution in [2.45, 2.75) is 20.4 Å². The number of imidazole rings is 1. The highest BCUT2D eigenvalue weighted by molar-refractivity contribution is 6.01. The molecule has 0 aliphatic rings. The van der Waals surface area contributed by atoms with Gasteiger partial charge in [0, 0.05) is 25.4 Å². The summed E-state index contributed by atoms with van der Waals surface area (Å²) in [5, 5.41) is 4.53. The molecule has 0 saturated carbocycles. The van der Waals surface area contributed by atoms with Crippen molar-refractivity contribution in [3.63, 3.8) is 0 Å². The number of aryl methyl sites for hydroxylation is 3. The number of nitrogens with zero attached hydrogens (tertiary/aromatic N) is 6. The Balaban J connectivity index is 1.82. The molecular weight excluding hydrogens is 420 g/mol. The lowest BCUT2D eigenvalue weighted by molar-refractivity contribution is 0.355. The van der Waals surface area contributed by atoms with Gasteiger partial charge in [0.05, 0.1) is 48.5 Å². The van der Waals surface area contributed by atoms with Gasteiger partial charge in [0.2, 0.25) is 0 Å². The average Bonchev–Trinajstić information content (AvgIpc) is 3.34. The number of hydrogen-bond acceptors (Lipinski definition) is 6. The maximum absolute atomic E-state index is 13.3. The van der Waals surface area contributed by atoms with E-state index in [4.69, 9.17) is 14.5 Å². The van der Waals surface area contributed by atoms with Gasteiger partial charge < -0.3 is 9.47 Å². The molecular formula is C24H24N6O3. The van der Waals surface area contributed by atoms with Crippen molar-refractivity contribution in [2.24, 2.45) is 7.05 Å². The second-order valence-corrected chi connectivity index (χ2v) is 7.76. The van der Waals surface area contributed by atoms with Crippen molar-refractivity contribution in [2.75, 3.05) is 14.2 Å². The van der Waals surface area contributed by atoms with Crippen LogP contribution in [0.4, 0.5) is 0 Å². The van der Waals surface area contributed by atoms with Crippen LogP contribution in [-0.2, 0) is 13.6 Å². The van der Waals surface area contributed by atoms with E-state index in [1.54, 1.807) is 36.6 Å². The highest BCUT2D eigenvalue weighted by Gasteiger charge is 2.20. The third-order valence-corrected chi connectivity index (χ3v) is 5.89. The van der Waals surface area contributed by atoms with Crippen LogP contribution in [-0.4, -0.2) is 43.1 Å². The van der Waals surface area contributed by atoms with E-state index < -0.39 is 0 Å². The van der Waals surface area contributed by atoms with Crippen molar-refractivity contribution in [3.05, 3.63) is 58.9 Å². The van der Waals surface area contributed by atoms with Crippen LogP contribution in [0.2, 0.25) is 0 Å². The SMILES string of the molecule is CCn1cc(-n2c(=O)n(C)c3cnc4ccc(-c5ccc(OC)c(OC)c5)nc4c32)c(C)n1. The molecule has 0 fully saturated rings. The highest BCUT2D eigenvalue weighted by atomic mass is 16.5. The van der Waals surface area contributed by atoms with Crippen molar-refractivity contribution >= 4 is 22.1 Å². The van der Waals surface area contributed by atoms with E-state index >= 15 is 0 Å². The minimum absolute atomic E-state index is 0.170. The minimum atomic E-state index is -0.170. The Kier molecular flexibility index (Phi) is 4.88. The minimum Gasteiger partial charge on any atom is -0.493 e. The molecule has 0 amide bonds. The number of ether oxygens (including phenoxy) is 2. The van der Waals surface area contributed by atoms with E-state index in [-0.39, 0.29) is 5.69 Å². The zero-order valence-corrected chi connectivity index (χ0v) is 19.2. The fourth-order valence-electron chi connectivity index (χ4n) is 4.13. The fourth-order valence-corrected chi connectivity index (χ4v) is 4.13. The normalized spacial score (nSPS) is 11.4. The summed E-state index contributed by atoms with van der Waals surface area (Å²) in [5.41, 5.74) is 5.68. The van der Waals surface area contributed by atoms with E-state index in [0.29, 0.717) is 40.1 Å². The van der Waals surface area contributed by atoms with Crippen LogP contribution in [0.3, 0.4) is 0 Å². The molecule has 4 heterocycles. The van der Waals surface area contributed by atoms with E-state index in [2.05, 4.69) is 10.1 Å². The van der Waals surface area contributed by atoms with Crippen LogP contribution < -0.4 is 15.2 Å². The molecule has 0 aliphatic heterocycles. The first kappa shape index (κ1) is 20.7. The van der Waals surface area contributed by atoms with Gasteiger partial charge in [0.15, 0.2) is 11.5 Å². The zero-order chi connectivity index (χ0) is 23.3. The summed E-state index contributed by atoms with van der Waals surface area (Å²) >= 11 is 0. The molecule has 0 unspecified atom stereocenters. The smallest absolute Gasteiger partial charge is 0.333 e. The maximum Gasteiger partial charge on any atom is 0.333 e. The third-order valence-electron chi connectivity index (χ3n) is 5.89. The largest absolute Gasteiger partial charge is 0.493 e. The number of hydrogen-bond donors (Lipinski definition) is 0. The summed E-state index contributed by atoms with van der Waals surface area (Å²) in [5.74, 6) is 1.26. The number of aromatic nitrogens is 6. The first-order chi connectivity index (χ1) is 16.0. The average molecular weight is 444 g/mol. The van der Waals surface area contributed by atoms with E-state index in [0.717, 1.165) is 22.6 Å². The van der Waals surface area contributed by atoms with Crippen LogP contribution in [0.5, 0.6) is 11.5 Å². The van der Waals surface area contributed by atoms with Gasteiger partial charge in [-0.3, -0.25) is 18.8 Å². The van der Waals surface area contributed by atoms with E-state index in [1.165, 1.54) is 0 Å². The fraction of sp³-hybridized carbons (Fsp3) is 0.250. The lowest BCUT2D eigenvalue weighted by Crippen LogP contribution is -2.21. The van der Waals surface area contributed by atoms with Gasteiger partial charge in [0.25, 0.3) is 0 Å². The van der Waals surface area contributed by atoms with Crippen molar-refractivity contribution in [1.82, 2.24) is 28.9 Å². The Labute approximate surface area is 189 Å². The van der Waals surface area contributed by atoms with Crippen LogP contribution in [0.15, 0.2) is 47.5 Å².